The van der Waals surface area contributed by atoms with E-state index < -0.39 is 18.3 Å². The molecule has 1 unspecified atom stereocenters. The van der Waals surface area contributed by atoms with E-state index in [1.165, 1.54) is 0 Å². The summed E-state index contributed by atoms with van der Waals surface area (Å²) >= 11 is 0. The Morgan fingerprint density at radius 1 is 1.08 bits per heavy atom. The highest BCUT2D eigenvalue weighted by molar-refractivity contribution is 4.87. The predicted octanol–water partition coefficient (Wildman–Crippen LogP) is -5.87. The fraction of sp³-hybridized carbons (Fsp3) is 1.00. The van der Waals surface area contributed by atoms with E-state index in [2.05, 4.69) is 0 Å². The largest absolute Gasteiger partial charge is 1.00 e. The van der Waals surface area contributed by atoms with Gasteiger partial charge in [0.1, 0.15) is 30.9 Å². The highest BCUT2D eigenvalue weighted by atomic mass is 35.5. The van der Waals surface area contributed by atoms with Crippen molar-refractivity contribution in [2.45, 2.75) is 37.2 Å². The van der Waals surface area contributed by atoms with Crippen LogP contribution < -0.4 is 17.3 Å². The molecule has 4 nitrogen and oxygen atoms in total. The standard InChI is InChI=1S/C8H15NO3.ClH/c10-5-2-1-3-9-4-6(11)8(12)7(5)9;/h5-8,10-12H,1-4H2;1H/t5-,6-,7+,8-;/m1./s1. The van der Waals surface area contributed by atoms with Gasteiger partial charge in [0.2, 0.25) is 0 Å². The Labute approximate surface area is 83.6 Å². The fourth-order valence-electron chi connectivity index (χ4n) is 2.49. The summed E-state index contributed by atoms with van der Waals surface area (Å²) in [6, 6.07) is -0.145. The van der Waals surface area contributed by atoms with E-state index in [1.54, 1.807) is 0 Å². The van der Waals surface area contributed by atoms with E-state index in [-0.39, 0.29) is 18.4 Å². The minimum Gasteiger partial charge on any atom is -1.00 e. The number of aliphatic hydroxyl groups excluding tert-OH is 3. The molecule has 0 aromatic heterocycles. The van der Waals surface area contributed by atoms with Gasteiger partial charge in [0.15, 0.2) is 0 Å². The summed E-state index contributed by atoms with van der Waals surface area (Å²) in [7, 11) is 0. The van der Waals surface area contributed by atoms with Crippen LogP contribution in [-0.4, -0.2) is 52.8 Å². The molecule has 2 rings (SSSR count). The molecule has 5 heteroatoms. The lowest BCUT2D eigenvalue weighted by Gasteiger charge is -2.31. The van der Waals surface area contributed by atoms with E-state index >= 15 is 0 Å². The Hall–Kier alpha value is 0.130. The van der Waals surface area contributed by atoms with Gasteiger partial charge in [0.25, 0.3) is 0 Å². The van der Waals surface area contributed by atoms with Crippen molar-refractivity contribution in [1.82, 2.24) is 0 Å². The molecule has 0 amide bonds. The molecule has 0 bridgehead atoms. The SMILES string of the molecule is O[C@H]1[C@@H]2[C@H](O)CCC[NH+]2C[C@H]1O.[Cl-]. The van der Waals surface area contributed by atoms with Crippen molar-refractivity contribution in [3.05, 3.63) is 0 Å². The number of hydrogen-bond acceptors (Lipinski definition) is 3. The van der Waals surface area contributed by atoms with Gasteiger partial charge in [0.05, 0.1) is 6.54 Å². The Morgan fingerprint density at radius 3 is 2.38 bits per heavy atom. The normalized spacial score (nSPS) is 49.6. The van der Waals surface area contributed by atoms with Gasteiger partial charge in [-0.1, -0.05) is 0 Å². The molecular weight excluding hydrogens is 194 g/mol. The van der Waals surface area contributed by atoms with Crippen LogP contribution in [0.15, 0.2) is 0 Å². The lowest BCUT2D eigenvalue weighted by Crippen LogP contribution is -3.16. The summed E-state index contributed by atoms with van der Waals surface area (Å²) in [6.07, 6.45) is -0.0429. The molecule has 13 heavy (non-hydrogen) atoms. The lowest BCUT2D eigenvalue weighted by atomic mass is 9.97. The molecular formula is C8H16ClNO3. The second-order valence-corrected chi connectivity index (χ2v) is 3.91. The Kier molecular flexibility index (Phi) is 3.54. The van der Waals surface area contributed by atoms with Crippen molar-refractivity contribution < 1.29 is 32.6 Å². The second-order valence-electron chi connectivity index (χ2n) is 3.91. The average molecular weight is 210 g/mol. The van der Waals surface area contributed by atoms with Crippen molar-refractivity contribution in [3.63, 3.8) is 0 Å². The van der Waals surface area contributed by atoms with Crippen LogP contribution in [0.2, 0.25) is 0 Å². The Morgan fingerprint density at radius 2 is 1.77 bits per heavy atom. The number of piperidine rings is 1. The maximum Gasteiger partial charge on any atom is 0.143 e. The van der Waals surface area contributed by atoms with Gasteiger partial charge in [-0.15, -0.1) is 0 Å². The van der Waals surface area contributed by atoms with Crippen LogP contribution in [0.5, 0.6) is 0 Å². The zero-order chi connectivity index (χ0) is 8.72. The van der Waals surface area contributed by atoms with E-state index in [0.717, 1.165) is 24.3 Å². The first-order valence-electron chi connectivity index (χ1n) is 4.59. The molecule has 4 N–H and O–H groups in total. The van der Waals surface area contributed by atoms with E-state index in [9.17, 15) is 15.3 Å². The third kappa shape index (κ3) is 1.82. The third-order valence-corrected chi connectivity index (χ3v) is 3.12. The van der Waals surface area contributed by atoms with Crippen molar-refractivity contribution in [1.29, 1.82) is 0 Å². The number of nitrogens with one attached hydrogen (secondary N) is 1. The van der Waals surface area contributed by atoms with Gasteiger partial charge in [-0.05, 0) is 12.8 Å². The average Bonchev–Trinajstić information content (AvgIpc) is 2.29. The van der Waals surface area contributed by atoms with Gasteiger partial charge in [0, 0.05) is 0 Å². The molecule has 0 aliphatic carbocycles. The second kappa shape index (κ2) is 4.11. The van der Waals surface area contributed by atoms with E-state index in [1.807, 2.05) is 0 Å². The molecule has 2 heterocycles. The Bertz CT molecular complexity index is 181. The van der Waals surface area contributed by atoms with E-state index in [4.69, 9.17) is 0 Å². The van der Waals surface area contributed by atoms with Gasteiger partial charge in [-0.2, -0.15) is 0 Å². The van der Waals surface area contributed by atoms with Crippen molar-refractivity contribution in [2.75, 3.05) is 13.1 Å². The first-order valence-corrected chi connectivity index (χ1v) is 4.59. The van der Waals surface area contributed by atoms with Gasteiger partial charge in [-0.25, -0.2) is 0 Å². The van der Waals surface area contributed by atoms with Crippen LogP contribution in [0, 0.1) is 0 Å². The molecule has 2 aliphatic rings. The Balaban J connectivity index is 0.000000845. The maximum absolute atomic E-state index is 9.58. The summed E-state index contributed by atoms with van der Waals surface area (Å²) in [5.41, 5.74) is 0. The van der Waals surface area contributed by atoms with Crippen molar-refractivity contribution in [3.8, 4) is 0 Å². The van der Waals surface area contributed by atoms with Crippen LogP contribution in [-0.2, 0) is 0 Å². The van der Waals surface area contributed by atoms with Crippen LogP contribution in [0.3, 0.4) is 0 Å². The summed E-state index contributed by atoms with van der Waals surface area (Å²) < 4.78 is 0. The first kappa shape index (κ1) is 11.2. The first-order chi connectivity index (χ1) is 5.70. The number of fused-ring (bicyclic) bond motifs is 1. The summed E-state index contributed by atoms with van der Waals surface area (Å²) in [5, 5.41) is 28.5. The third-order valence-electron chi connectivity index (χ3n) is 3.12. The van der Waals surface area contributed by atoms with Crippen molar-refractivity contribution >= 4 is 0 Å². The topological polar surface area (TPSA) is 65.1 Å². The van der Waals surface area contributed by atoms with Crippen LogP contribution in [0.4, 0.5) is 0 Å². The molecule has 0 spiro atoms. The zero-order valence-corrected chi connectivity index (χ0v) is 8.11. The molecule has 2 fully saturated rings. The van der Waals surface area contributed by atoms with E-state index in [0.29, 0.717) is 6.54 Å². The molecule has 0 aromatic rings. The molecule has 2 saturated heterocycles. The molecule has 0 radical (unpaired) electrons. The molecule has 5 atom stereocenters. The number of hydrogen-bond donors (Lipinski definition) is 4. The monoisotopic (exact) mass is 209 g/mol. The molecule has 0 saturated carbocycles. The zero-order valence-electron chi connectivity index (χ0n) is 7.36. The van der Waals surface area contributed by atoms with Crippen LogP contribution >= 0.6 is 0 Å². The number of aliphatic hydroxyl groups is 3. The highest BCUT2D eigenvalue weighted by Crippen LogP contribution is 2.14. The molecule has 78 valence electrons. The number of quaternary nitrogens is 1. The van der Waals surface area contributed by atoms with Gasteiger partial charge in [-0.3, -0.25) is 0 Å². The highest BCUT2D eigenvalue weighted by Gasteiger charge is 2.49. The maximum atomic E-state index is 9.58. The smallest absolute Gasteiger partial charge is 0.143 e. The summed E-state index contributed by atoms with van der Waals surface area (Å²) in [4.78, 5) is 1.16. The predicted molar refractivity (Wildman–Crippen MR) is 41.7 cm³/mol. The minimum atomic E-state index is -0.727. The molecule has 2 aliphatic heterocycles. The van der Waals surface area contributed by atoms with Crippen LogP contribution in [0.1, 0.15) is 12.8 Å². The summed E-state index contributed by atoms with van der Waals surface area (Å²) in [5.74, 6) is 0. The fourth-order valence-corrected chi connectivity index (χ4v) is 2.49. The number of halogens is 1. The van der Waals surface area contributed by atoms with Gasteiger partial charge >= 0.3 is 0 Å². The van der Waals surface area contributed by atoms with Crippen molar-refractivity contribution in [2.24, 2.45) is 0 Å². The minimum absolute atomic E-state index is 0. The van der Waals surface area contributed by atoms with Crippen LogP contribution in [0.25, 0.3) is 0 Å². The van der Waals surface area contributed by atoms with Gasteiger partial charge < -0.3 is 32.6 Å². The lowest BCUT2D eigenvalue weighted by molar-refractivity contribution is -0.924. The quantitative estimate of drug-likeness (QED) is 0.322. The summed E-state index contributed by atoms with van der Waals surface area (Å²) in [6.45, 7) is 1.55. The molecule has 0 aromatic carbocycles. The number of rotatable bonds is 0.